The monoisotopic (exact) mass is 153 g/mol. The maximum absolute atomic E-state index is 10.2. The van der Waals surface area contributed by atoms with Gasteiger partial charge in [0.15, 0.2) is 0 Å². The highest BCUT2D eigenvalue weighted by molar-refractivity contribution is 7.87. The van der Waals surface area contributed by atoms with E-state index in [2.05, 4.69) is 9.86 Å². The fraction of sp³-hybridized carbons (Fsp3) is 1.00. The van der Waals surface area contributed by atoms with Crippen molar-refractivity contribution in [1.29, 1.82) is 0 Å². The van der Waals surface area contributed by atoms with Crippen LogP contribution in [0.3, 0.4) is 0 Å². The molecule has 0 aromatic heterocycles. The van der Waals surface area contributed by atoms with E-state index in [9.17, 15) is 8.42 Å². The first-order valence-electron chi connectivity index (χ1n) is 2.46. The van der Waals surface area contributed by atoms with Crippen molar-refractivity contribution in [3.05, 3.63) is 0 Å². The van der Waals surface area contributed by atoms with E-state index in [0.29, 0.717) is 0 Å². The summed E-state index contributed by atoms with van der Waals surface area (Å²) < 4.78 is 22.5. The predicted molar refractivity (Wildman–Crippen MR) is 34.8 cm³/mol. The molecule has 0 radical (unpaired) electrons. The third-order valence-electron chi connectivity index (χ3n) is 0.719. The Balaban J connectivity index is 3.75. The molecule has 9 heavy (non-hydrogen) atoms. The van der Waals surface area contributed by atoms with Crippen molar-refractivity contribution in [3.63, 3.8) is 0 Å². The van der Waals surface area contributed by atoms with Crippen molar-refractivity contribution < 1.29 is 8.42 Å². The van der Waals surface area contributed by atoms with Crippen molar-refractivity contribution in [3.8, 4) is 0 Å². The molecule has 0 aliphatic carbocycles. The van der Waals surface area contributed by atoms with E-state index in [1.165, 1.54) is 0 Å². The summed E-state index contributed by atoms with van der Waals surface area (Å²) in [6.07, 6.45) is 0. The zero-order valence-corrected chi connectivity index (χ0v) is 5.98. The zero-order valence-electron chi connectivity index (χ0n) is 5.16. The highest BCUT2D eigenvalue weighted by atomic mass is 32.2. The minimum Gasteiger partial charge on any atom is -0.329 e. The van der Waals surface area contributed by atoms with Crippen LogP contribution in [0.1, 0.15) is 6.92 Å². The van der Waals surface area contributed by atoms with Gasteiger partial charge >= 0.3 is 0 Å². The molecule has 0 aromatic carbocycles. The molecular formula is C3H11N3O2S. The number of hydrogen-bond acceptors (Lipinski definition) is 3. The van der Waals surface area contributed by atoms with Gasteiger partial charge in [0.25, 0.3) is 10.2 Å². The molecule has 0 unspecified atom stereocenters. The summed E-state index contributed by atoms with van der Waals surface area (Å²) >= 11 is 0. The Bertz CT molecular complexity index is 164. The maximum atomic E-state index is 10.2. The fourth-order valence-electron chi connectivity index (χ4n) is 0.329. The lowest BCUT2D eigenvalue weighted by atomic mass is 10.4. The second-order valence-corrected chi connectivity index (χ2v) is 3.13. The molecule has 0 saturated carbocycles. The van der Waals surface area contributed by atoms with Crippen LogP contribution in [0.2, 0.25) is 0 Å². The van der Waals surface area contributed by atoms with Crippen molar-refractivity contribution in [1.82, 2.24) is 4.72 Å². The summed E-state index contributed by atoms with van der Waals surface area (Å²) in [5.74, 6) is 0. The van der Waals surface area contributed by atoms with Gasteiger partial charge in [-0.25, -0.2) is 5.14 Å². The molecule has 0 amide bonds. The highest BCUT2D eigenvalue weighted by Crippen LogP contribution is 1.76. The van der Waals surface area contributed by atoms with E-state index in [1.54, 1.807) is 6.92 Å². The Morgan fingerprint density at radius 2 is 2.11 bits per heavy atom. The SMILES string of the molecule is C[C@@H](CN)NS(N)(=O)=O. The van der Waals surface area contributed by atoms with Crippen LogP contribution in [-0.4, -0.2) is 21.0 Å². The van der Waals surface area contributed by atoms with Gasteiger partial charge in [-0.1, -0.05) is 0 Å². The molecule has 0 spiro atoms. The second kappa shape index (κ2) is 3.11. The standard InChI is InChI=1S/C3H11N3O2S/c1-3(2-4)6-9(5,7)8/h3,6H,2,4H2,1H3,(H2,5,7,8)/t3-/m0/s1. The van der Waals surface area contributed by atoms with Crippen LogP contribution in [0.15, 0.2) is 0 Å². The molecule has 0 heterocycles. The Morgan fingerprint density at radius 1 is 1.67 bits per heavy atom. The number of nitrogens with one attached hydrogen (secondary N) is 1. The third-order valence-corrected chi connectivity index (χ3v) is 1.45. The molecule has 0 rings (SSSR count). The van der Waals surface area contributed by atoms with Gasteiger partial charge in [0.1, 0.15) is 0 Å². The lowest BCUT2D eigenvalue weighted by Gasteiger charge is -2.06. The lowest BCUT2D eigenvalue weighted by molar-refractivity contribution is 0.564. The van der Waals surface area contributed by atoms with E-state index in [4.69, 9.17) is 5.73 Å². The van der Waals surface area contributed by atoms with Gasteiger partial charge in [0.05, 0.1) is 0 Å². The maximum Gasteiger partial charge on any atom is 0.274 e. The quantitative estimate of drug-likeness (QED) is 0.443. The normalized spacial score (nSPS) is 15.4. The Morgan fingerprint density at radius 3 is 2.22 bits per heavy atom. The second-order valence-electron chi connectivity index (χ2n) is 1.80. The zero-order chi connectivity index (χ0) is 7.49. The molecule has 0 fully saturated rings. The smallest absolute Gasteiger partial charge is 0.274 e. The summed E-state index contributed by atoms with van der Waals surface area (Å²) in [5.41, 5.74) is 5.10. The Hall–Kier alpha value is -0.170. The van der Waals surface area contributed by atoms with Gasteiger partial charge < -0.3 is 5.73 Å². The molecular weight excluding hydrogens is 142 g/mol. The Kier molecular flexibility index (Phi) is 3.06. The summed E-state index contributed by atoms with van der Waals surface area (Å²) in [6.45, 7) is 1.88. The van der Waals surface area contributed by atoms with E-state index in [1.807, 2.05) is 0 Å². The van der Waals surface area contributed by atoms with Gasteiger partial charge in [0.2, 0.25) is 0 Å². The molecule has 0 aliphatic heterocycles. The van der Waals surface area contributed by atoms with Crippen LogP contribution in [-0.2, 0) is 10.2 Å². The molecule has 5 nitrogen and oxygen atoms in total. The average Bonchev–Trinajstić information content (AvgIpc) is 1.62. The van der Waals surface area contributed by atoms with Crippen molar-refractivity contribution in [2.45, 2.75) is 13.0 Å². The molecule has 56 valence electrons. The van der Waals surface area contributed by atoms with Crippen LogP contribution in [0.4, 0.5) is 0 Å². The van der Waals surface area contributed by atoms with Crippen LogP contribution >= 0.6 is 0 Å². The lowest BCUT2D eigenvalue weighted by Crippen LogP contribution is -2.41. The minimum atomic E-state index is -3.57. The van der Waals surface area contributed by atoms with Gasteiger partial charge in [0, 0.05) is 12.6 Å². The van der Waals surface area contributed by atoms with Crippen LogP contribution in [0.5, 0.6) is 0 Å². The number of rotatable bonds is 3. The van der Waals surface area contributed by atoms with E-state index >= 15 is 0 Å². The summed E-state index contributed by atoms with van der Waals surface area (Å²) in [6, 6.07) is -0.292. The van der Waals surface area contributed by atoms with Crippen molar-refractivity contribution in [2.75, 3.05) is 6.54 Å². The number of nitrogens with two attached hydrogens (primary N) is 2. The molecule has 5 N–H and O–H groups in total. The van der Waals surface area contributed by atoms with Crippen molar-refractivity contribution >= 4 is 10.2 Å². The highest BCUT2D eigenvalue weighted by Gasteiger charge is 2.05. The summed E-state index contributed by atoms with van der Waals surface area (Å²) in [7, 11) is -3.57. The molecule has 6 heteroatoms. The van der Waals surface area contributed by atoms with Crippen LogP contribution in [0, 0.1) is 0 Å². The third kappa shape index (κ3) is 5.71. The minimum absolute atomic E-state index is 0.246. The molecule has 0 aromatic rings. The van der Waals surface area contributed by atoms with E-state index in [-0.39, 0.29) is 12.6 Å². The molecule has 1 atom stereocenters. The van der Waals surface area contributed by atoms with Gasteiger partial charge in [-0.15, -0.1) is 0 Å². The van der Waals surface area contributed by atoms with Gasteiger partial charge in [-0.05, 0) is 6.92 Å². The predicted octanol–water partition coefficient (Wildman–Crippen LogP) is -1.87. The molecule has 0 bridgehead atoms. The topological polar surface area (TPSA) is 98.2 Å². The van der Waals surface area contributed by atoms with Crippen LogP contribution < -0.4 is 15.6 Å². The fourth-order valence-corrected chi connectivity index (χ4v) is 0.986. The van der Waals surface area contributed by atoms with Crippen LogP contribution in [0.25, 0.3) is 0 Å². The van der Waals surface area contributed by atoms with Gasteiger partial charge in [-0.3, -0.25) is 0 Å². The van der Waals surface area contributed by atoms with E-state index < -0.39 is 10.2 Å². The largest absolute Gasteiger partial charge is 0.329 e. The Labute approximate surface area is 54.6 Å². The summed E-state index contributed by atoms with van der Waals surface area (Å²) in [5, 5.41) is 4.62. The first-order valence-corrected chi connectivity index (χ1v) is 4.00. The molecule has 0 aliphatic rings. The average molecular weight is 153 g/mol. The first-order chi connectivity index (χ1) is 3.95. The van der Waals surface area contributed by atoms with Gasteiger partial charge in [-0.2, -0.15) is 13.1 Å². The van der Waals surface area contributed by atoms with E-state index in [0.717, 1.165) is 0 Å². The molecule has 0 saturated heterocycles. The van der Waals surface area contributed by atoms with Crippen molar-refractivity contribution in [2.24, 2.45) is 10.9 Å². The number of hydrogen-bond donors (Lipinski definition) is 3. The summed E-state index contributed by atoms with van der Waals surface area (Å²) in [4.78, 5) is 0. The first kappa shape index (κ1) is 8.83.